The van der Waals surface area contributed by atoms with Gasteiger partial charge in [-0.1, -0.05) is 36.4 Å². The van der Waals surface area contributed by atoms with Crippen LogP contribution < -0.4 is 31.8 Å². The van der Waals surface area contributed by atoms with Crippen molar-refractivity contribution in [1.82, 2.24) is 5.32 Å². The number of para-hydroxylation sites is 2. The van der Waals surface area contributed by atoms with E-state index in [1.807, 2.05) is 0 Å². The molecule has 3 nitrogen and oxygen atoms in total. The first-order chi connectivity index (χ1) is 13.3. The van der Waals surface area contributed by atoms with Gasteiger partial charge in [-0.25, -0.2) is 0 Å². The fourth-order valence-electron chi connectivity index (χ4n) is 4.30. The van der Waals surface area contributed by atoms with Crippen molar-refractivity contribution in [2.24, 2.45) is 7.05 Å². The van der Waals surface area contributed by atoms with Crippen LogP contribution in [0.3, 0.4) is 0 Å². The minimum absolute atomic E-state index is 0. The van der Waals surface area contributed by atoms with Gasteiger partial charge in [-0.3, -0.25) is 0 Å². The molecule has 1 aliphatic rings. The molecule has 28 heavy (non-hydrogen) atoms. The van der Waals surface area contributed by atoms with Gasteiger partial charge in [0.2, 0.25) is 11.0 Å². The molecule has 4 aromatic rings. The summed E-state index contributed by atoms with van der Waals surface area (Å²) in [4.78, 5) is 2.46. The highest BCUT2D eigenvalue weighted by atomic mass is 79.9. The van der Waals surface area contributed by atoms with Crippen LogP contribution in [0.5, 0.6) is 0 Å². The van der Waals surface area contributed by atoms with E-state index in [1.54, 1.807) is 0 Å². The Hall–Kier alpha value is -2.43. The molecular weight excluding hydrogens is 410 g/mol. The zero-order chi connectivity index (χ0) is 18.2. The van der Waals surface area contributed by atoms with Gasteiger partial charge in [0.1, 0.15) is 7.05 Å². The molecule has 2 heterocycles. The summed E-state index contributed by atoms with van der Waals surface area (Å²) in [7, 11) is 2.15. The lowest BCUT2D eigenvalue weighted by Gasteiger charge is -2.29. The molecule has 4 heteroatoms. The zero-order valence-corrected chi connectivity index (χ0v) is 17.6. The second-order valence-electron chi connectivity index (χ2n) is 7.25. The van der Waals surface area contributed by atoms with E-state index >= 15 is 0 Å². The lowest BCUT2D eigenvalue weighted by atomic mass is 9.95. The molecule has 0 aliphatic carbocycles. The molecule has 0 atom stereocenters. The largest absolute Gasteiger partial charge is 1.00 e. The lowest BCUT2D eigenvalue weighted by molar-refractivity contribution is -0.617. The topological polar surface area (TPSA) is 19.1 Å². The summed E-state index contributed by atoms with van der Waals surface area (Å²) < 4.78 is 2.29. The number of halogens is 1. The number of nitrogens with one attached hydrogen (secondary N) is 1. The standard InChI is InChI=1S/C24H24N3.BrH/c1-26-22-8-4-2-6-20(22)24(21-7-3-5-9-23(21)26)18-10-12-19(13-11-18)27-16-14-25-15-17-27;/h2-13,25H,14-17H2,1H3;1H/q+1;/p-1. The van der Waals surface area contributed by atoms with E-state index in [4.69, 9.17) is 0 Å². The maximum Gasteiger partial charge on any atom is 0.213 e. The smallest absolute Gasteiger partial charge is 0.213 e. The Morgan fingerprint density at radius 1 is 0.750 bits per heavy atom. The van der Waals surface area contributed by atoms with Crippen LogP contribution in [0.15, 0.2) is 72.8 Å². The molecule has 0 radical (unpaired) electrons. The van der Waals surface area contributed by atoms with Gasteiger partial charge in [-0.15, -0.1) is 0 Å². The van der Waals surface area contributed by atoms with Gasteiger partial charge >= 0.3 is 0 Å². The third kappa shape index (κ3) is 3.17. The van der Waals surface area contributed by atoms with Crippen molar-refractivity contribution >= 4 is 27.5 Å². The summed E-state index contributed by atoms with van der Waals surface area (Å²) in [5.41, 5.74) is 6.44. The molecule has 0 bridgehead atoms. The lowest BCUT2D eigenvalue weighted by Crippen LogP contribution is -3.00. The quantitative estimate of drug-likeness (QED) is 0.374. The molecule has 1 aliphatic heterocycles. The summed E-state index contributed by atoms with van der Waals surface area (Å²) in [6.07, 6.45) is 0. The molecule has 0 amide bonds. The predicted molar refractivity (Wildman–Crippen MR) is 113 cm³/mol. The van der Waals surface area contributed by atoms with E-state index in [9.17, 15) is 0 Å². The third-order valence-electron chi connectivity index (χ3n) is 5.71. The van der Waals surface area contributed by atoms with Gasteiger partial charge in [0.25, 0.3) is 0 Å². The molecule has 0 spiro atoms. The average molecular weight is 434 g/mol. The Morgan fingerprint density at radius 3 is 1.86 bits per heavy atom. The third-order valence-corrected chi connectivity index (χ3v) is 5.71. The van der Waals surface area contributed by atoms with Crippen molar-refractivity contribution in [3.05, 3.63) is 72.8 Å². The van der Waals surface area contributed by atoms with E-state index < -0.39 is 0 Å². The molecule has 3 aromatic carbocycles. The highest BCUT2D eigenvalue weighted by Gasteiger charge is 2.18. The maximum absolute atomic E-state index is 3.42. The van der Waals surface area contributed by atoms with E-state index in [0.29, 0.717) is 0 Å². The second-order valence-corrected chi connectivity index (χ2v) is 7.25. The fourth-order valence-corrected chi connectivity index (χ4v) is 4.30. The van der Waals surface area contributed by atoms with Crippen LogP contribution in [0.2, 0.25) is 0 Å². The van der Waals surface area contributed by atoms with E-state index in [-0.39, 0.29) is 17.0 Å². The van der Waals surface area contributed by atoms with Gasteiger partial charge in [-0.05, 0) is 29.8 Å². The van der Waals surface area contributed by atoms with Gasteiger partial charge < -0.3 is 27.2 Å². The average Bonchev–Trinajstić information content (AvgIpc) is 2.75. The molecule has 1 saturated heterocycles. The molecule has 0 unspecified atom stereocenters. The number of hydrogen-bond donors (Lipinski definition) is 1. The first-order valence-corrected chi connectivity index (χ1v) is 9.68. The first kappa shape index (κ1) is 18.9. The Bertz CT molecular complexity index is 1060. The van der Waals surface area contributed by atoms with Crippen LogP contribution >= 0.6 is 0 Å². The number of piperazine rings is 1. The molecule has 1 aromatic heterocycles. The second kappa shape index (κ2) is 7.90. The van der Waals surface area contributed by atoms with Gasteiger partial charge in [0, 0.05) is 49.6 Å². The number of nitrogens with zero attached hydrogens (tertiary/aromatic N) is 2. The van der Waals surface area contributed by atoms with Crippen molar-refractivity contribution in [1.29, 1.82) is 0 Å². The number of aromatic nitrogens is 1. The number of rotatable bonds is 2. The van der Waals surface area contributed by atoms with Crippen LogP contribution in [-0.4, -0.2) is 26.2 Å². The Morgan fingerprint density at radius 2 is 1.29 bits per heavy atom. The van der Waals surface area contributed by atoms with Crippen molar-refractivity contribution in [2.75, 3.05) is 31.1 Å². The molecular formula is C24H24BrN3. The van der Waals surface area contributed by atoms with Crippen molar-refractivity contribution in [2.45, 2.75) is 0 Å². The number of benzene rings is 3. The summed E-state index contributed by atoms with van der Waals surface area (Å²) in [5.74, 6) is 0. The van der Waals surface area contributed by atoms with Gasteiger partial charge in [0.15, 0.2) is 0 Å². The summed E-state index contributed by atoms with van der Waals surface area (Å²) in [6, 6.07) is 26.5. The summed E-state index contributed by atoms with van der Waals surface area (Å²) in [6.45, 7) is 4.27. The van der Waals surface area contributed by atoms with Crippen molar-refractivity contribution in [3.63, 3.8) is 0 Å². The van der Waals surface area contributed by atoms with Crippen LogP contribution in [-0.2, 0) is 7.05 Å². The minimum Gasteiger partial charge on any atom is -1.00 e. The van der Waals surface area contributed by atoms with E-state index in [0.717, 1.165) is 26.2 Å². The summed E-state index contributed by atoms with van der Waals surface area (Å²) >= 11 is 0. The van der Waals surface area contributed by atoms with Crippen LogP contribution in [0.1, 0.15) is 0 Å². The molecule has 142 valence electrons. The fraction of sp³-hybridized carbons (Fsp3) is 0.208. The number of hydrogen-bond acceptors (Lipinski definition) is 2. The molecule has 1 fully saturated rings. The number of aryl methyl sites for hydroxylation is 1. The highest BCUT2D eigenvalue weighted by molar-refractivity contribution is 6.07. The SMILES string of the molecule is C[n+]1c2ccccc2c(-c2ccc(N3CCNCC3)cc2)c2ccccc21.[Br-]. The molecule has 0 saturated carbocycles. The van der Waals surface area contributed by atoms with Gasteiger partial charge in [-0.2, -0.15) is 4.57 Å². The van der Waals surface area contributed by atoms with Crippen molar-refractivity contribution in [3.8, 4) is 11.1 Å². The van der Waals surface area contributed by atoms with Crippen LogP contribution in [0.4, 0.5) is 5.69 Å². The van der Waals surface area contributed by atoms with Crippen molar-refractivity contribution < 1.29 is 21.5 Å². The van der Waals surface area contributed by atoms with E-state index in [1.165, 1.54) is 38.6 Å². The van der Waals surface area contributed by atoms with Gasteiger partial charge in [0.05, 0.1) is 10.8 Å². The number of anilines is 1. The number of fused-ring (bicyclic) bond motifs is 2. The number of pyridine rings is 1. The highest BCUT2D eigenvalue weighted by Crippen LogP contribution is 2.34. The van der Waals surface area contributed by atoms with Crippen LogP contribution in [0, 0.1) is 0 Å². The van der Waals surface area contributed by atoms with Crippen LogP contribution in [0.25, 0.3) is 32.9 Å². The monoisotopic (exact) mass is 433 g/mol. The Kier molecular flexibility index (Phi) is 5.33. The normalized spacial score (nSPS) is 14.2. The van der Waals surface area contributed by atoms with E-state index in [2.05, 4.69) is 94.6 Å². The maximum atomic E-state index is 3.42. The predicted octanol–water partition coefficient (Wildman–Crippen LogP) is 0.898. The summed E-state index contributed by atoms with van der Waals surface area (Å²) in [5, 5.41) is 6.02. The first-order valence-electron chi connectivity index (χ1n) is 9.68. The Balaban J connectivity index is 0.00000192. The Labute approximate surface area is 176 Å². The molecule has 5 rings (SSSR count). The zero-order valence-electron chi connectivity index (χ0n) is 16.0. The minimum atomic E-state index is 0. The molecule has 1 N–H and O–H groups in total.